The second-order valence-corrected chi connectivity index (χ2v) is 6.56. The van der Waals surface area contributed by atoms with Crippen LogP contribution in [0.15, 0.2) is 36.4 Å². The van der Waals surface area contributed by atoms with Gasteiger partial charge in [0.05, 0.1) is 17.4 Å². The predicted octanol–water partition coefficient (Wildman–Crippen LogP) is 2.20. The summed E-state index contributed by atoms with van der Waals surface area (Å²) in [6, 6.07) is 11.4. The maximum atomic E-state index is 12.5. The number of carbonyl (C=O) groups excluding carboxylic acids is 1. The number of aryl methyl sites for hydroxylation is 1. The van der Waals surface area contributed by atoms with Crippen molar-refractivity contribution in [3.8, 4) is 5.75 Å². The number of aromatic nitrogens is 2. The molecule has 0 unspecified atom stereocenters. The van der Waals surface area contributed by atoms with Crippen molar-refractivity contribution in [2.24, 2.45) is 0 Å². The highest BCUT2D eigenvalue weighted by Crippen LogP contribution is 2.32. The van der Waals surface area contributed by atoms with E-state index in [1.807, 2.05) is 62.3 Å². The van der Waals surface area contributed by atoms with Gasteiger partial charge in [-0.1, -0.05) is 18.2 Å². The first-order valence-electron chi connectivity index (χ1n) is 8.49. The van der Waals surface area contributed by atoms with E-state index in [9.17, 15) is 4.79 Å². The zero-order valence-electron chi connectivity index (χ0n) is 15.0. The van der Waals surface area contributed by atoms with Gasteiger partial charge in [0.1, 0.15) is 11.6 Å². The molecule has 2 heterocycles. The molecule has 0 aliphatic carbocycles. The standard InChI is InChI=1S/C19H24N4O2/c1-14-20-15(12-22(2)3)11-17(21-14)18-9-10-23(18)19(24)13-25-16-7-5-4-6-8-16/h4-8,11,18H,9-10,12-13H2,1-3H3/t18-/m0/s1. The summed E-state index contributed by atoms with van der Waals surface area (Å²) >= 11 is 0. The molecule has 1 amide bonds. The maximum absolute atomic E-state index is 12.5. The molecule has 1 saturated heterocycles. The predicted molar refractivity (Wildman–Crippen MR) is 95.2 cm³/mol. The number of likely N-dealkylation sites (tertiary alicyclic amines) is 1. The van der Waals surface area contributed by atoms with Crippen molar-refractivity contribution < 1.29 is 9.53 Å². The molecule has 6 nitrogen and oxygen atoms in total. The molecule has 0 spiro atoms. The lowest BCUT2D eigenvalue weighted by atomic mass is 9.98. The Labute approximate surface area is 148 Å². The van der Waals surface area contributed by atoms with E-state index < -0.39 is 0 Å². The van der Waals surface area contributed by atoms with E-state index >= 15 is 0 Å². The molecule has 1 atom stereocenters. The van der Waals surface area contributed by atoms with Gasteiger partial charge in [-0.15, -0.1) is 0 Å². The molecule has 1 aromatic heterocycles. The Morgan fingerprint density at radius 2 is 2.04 bits per heavy atom. The lowest BCUT2D eigenvalue weighted by Crippen LogP contribution is -2.47. The van der Waals surface area contributed by atoms with Crippen molar-refractivity contribution in [3.05, 3.63) is 53.6 Å². The van der Waals surface area contributed by atoms with Crippen LogP contribution in [0.2, 0.25) is 0 Å². The van der Waals surface area contributed by atoms with Crippen LogP contribution in [0.25, 0.3) is 0 Å². The number of carbonyl (C=O) groups is 1. The first-order chi connectivity index (χ1) is 12.0. The second kappa shape index (κ2) is 7.61. The molecule has 1 fully saturated rings. The molecule has 1 aliphatic heterocycles. The van der Waals surface area contributed by atoms with Gasteiger partial charge in [-0.25, -0.2) is 9.97 Å². The van der Waals surface area contributed by atoms with Crippen LogP contribution in [0.3, 0.4) is 0 Å². The highest BCUT2D eigenvalue weighted by atomic mass is 16.5. The zero-order chi connectivity index (χ0) is 17.8. The largest absolute Gasteiger partial charge is 0.484 e. The molecule has 0 saturated carbocycles. The number of hydrogen-bond acceptors (Lipinski definition) is 5. The highest BCUT2D eigenvalue weighted by molar-refractivity contribution is 5.79. The molecule has 132 valence electrons. The molecular weight excluding hydrogens is 316 g/mol. The normalized spacial score (nSPS) is 16.6. The van der Waals surface area contributed by atoms with Crippen molar-refractivity contribution in [3.63, 3.8) is 0 Å². The van der Waals surface area contributed by atoms with Gasteiger partial charge in [0, 0.05) is 13.1 Å². The summed E-state index contributed by atoms with van der Waals surface area (Å²) in [4.78, 5) is 25.4. The van der Waals surface area contributed by atoms with Crippen LogP contribution in [-0.4, -0.2) is 52.9 Å². The average Bonchev–Trinajstić information content (AvgIpc) is 2.51. The van der Waals surface area contributed by atoms with E-state index in [1.165, 1.54) is 0 Å². The highest BCUT2D eigenvalue weighted by Gasteiger charge is 2.34. The van der Waals surface area contributed by atoms with Crippen LogP contribution in [0.4, 0.5) is 0 Å². The molecule has 0 bridgehead atoms. The minimum Gasteiger partial charge on any atom is -0.484 e. The van der Waals surface area contributed by atoms with Gasteiger partial charge in [0.25, 0.3) is 5.91 Å². The fourth-order valence-corrected chi connectivity index (χ4v) is 2.97. The summed E-state index contributed by atoms with van der Waals surface area (Å²) < 4.78 is 5.58. The summed E-state index contributed by atoms with van der Waals surface area (Å²) in [7, 11) is 4.02. The quantitative estimate of drug-likeness (QED) is 0.807. The van der Waals surface area contributed by atoms with Crippen molar-refractivity contribution in [1.29, 1.82) is 0 Å². The number of hydrogen-bond donors (Lipinski definition) is 0. The maximum Gasteiger partial charge on any atom is 0.261 e. The Hall–Kier alpha value is -2.47. The van der Waals surface area contributed by atoms with Gasteiger partial charge in [0.15, 0.2) is 6.61 Å². The van der Waals surface area contributed by atoms with E-state index in [0.29, 0.717) is 5.75 Å². The van der Waals surface area contributed by atoms with E-state index in [-0.39, 0.29) is 18.6 Å². The topological polar surface area (TPSA) is 58.6 Å². The number of para-hydroxylation sites is 1. The lowest BCUT2D eigenvalue weighted by Gasteiger charge is -2.40. The minimum atomic E-state index is -0.00877. The van der Waals surface area contributed by atoms with Crippen LogP contribution in [-0.2, 0) is 11.3 Å². The Kier molecular flexibility index (Phi) is 5.28. The van der Waals surface area contributed by atoms with Crippen LogP contribution in [0.5, 0.6) is 5.75 Å². The zero-order valence-corrected chi connectivity index (χ0v) is 15.0. The number of nitrogens with zero attached hydrogens (tertiary/aromatic N) is 4. The summed E-state index contributed by atoms with van der Waals surface area (Å²) in [5.41, 5.74) is 1.90. The molecule has 0 radical (unpaired) electrons. The fourth-order valence-electron chi connectivity index (χ4n) is 2.97. The van der Waals surface area contributed by atoms with E-state index in [2.05, 4.69) is 14.9 Å². The Balaban J connectivity index is 1.65. The van der Waals surface area contributed by atoms with Crippen molar-refractivity contribution in [2.45, 2.75) is 25.9 Å². The molecular formula is C19H24N4O2. The van der Waals surface area contributed by atoms with Crippen LogP contribution < -0.4 is 4.74 Å². The number of benzene rings is 1. The second-order valence-electron chi connectivity index (χ2n) is 6.56. The average molecular weight is 340 g/mol. The van der Waals surface area contributed by atoms with Gasteiger partial charge in [0.2, 0.25) is 0 Å². The van der Waals surface area contributed by atoms with Gasteiger partial charge in [-0.05, 0) is 45.6 Å². The van der Waals surface area contributed by atoms with E-state index in [0.717, 1.165) is 36.7 Å². The lowest BCUT2D eigenvalue weighted by molar-refractivity contribution is -0.141. The molecule has 2 aromatic rings. The van der Waals surface area contributed by atoms with Crippen LogP contribution >= 0.6 is 0 Å². The van der Waals surface area contributed by atoms with Gasteiger partial charge < -0.3 is 14.5 Å². The third-order valence-electron chi connectivity index (χ3n) is 4.18. The summed E-state index contributed by atoms with van der Waals surface area (Å²) in [6.45, 7) is 3.45. The number of rotatable bonds is 6. The van der Waals surface area contributed by atoms with Crippen LogP contribution in [0.1, 0.15) is 29.7 Å². The van der Waals surface area contributed by atoms with E-state index in [1.54, 1.807) is 0 Å². The summed E-state index contributed by atoms with van der Waals surface area (Å²) in [5.74, 6) is 1.44. The summed E-state index contributed by atoms with van der Waals surface area (Å²) in [5, 5.41) is 0. The molecule has 1 aromatic carbocycles. The Morgan fingerprint density at radius 1 is 1.28 bits per heavy atom. The van der Waals surface area contributed by atoms with E-state index in [4.69, 9.17) is 4.74 Å². The van der Waals surface area contributed by atoms with Crippen LogP contribution in [0, 0.1) is 6.92 Å². The molecule has 3 rings (SSSR count). The van der Waals surface area contributed by atoms with Gasteiger partial charge >= 0.3 is 0 Å². The third kappa shape index (κ3) is 4.33. The number of amides is 1. The molecule has 0 N–H and O–H groups in total. The van der Waals surface area contributed by atoms with Crippen molar-refractivity contribution in [2.75, 3.05) is 27.2 Å². The smallest absolute Gasteiger partial charge is 0.261 e. The monoisotopic (exact) mass is 340 g/mol. The van der Waals surface area contributed by atoms with Crippen molar-refractivity contribution >= 4 is 5.91 Å². The minimum absolute atomic E-state index is 0.00877. The first-order valence-corrected chi connectivity index (χ1v) is 8.49. The SMILES string of the molecule is Cc1nc(CN(C)C)cc([C@@H]2CCN2C(=O)COc2ccccc2)n1. The first kappa shape index (κ1) is 17.4. The van der Waals surface area contributed by atoms with Crippen molar-refractivity contribution in [1.82, 2.24) is 19.8 Å². The van der Waals surface area contributed by atoms with Gasteiger partial charge in [-0.2, -0.15) is 0 Å². The Morgan fingerprint density at radius 3 is 2.68 bits per heavy atom. The Bertz CT molecular complexity index is 733. The fraction of sp³-hybridized carbons (Fsp3) is 0.421. The summed E-state index contributed by atoms with van der Waals surface area (Å²) in [6.07, 6.45) is 0.926. The van der Waals surface area contributed by atoms with Gasteiger partial charge in [-0.3, -0.25) is 4.79 Å². The number of ether oxygens (including phenoxy) is 1. The third-order valence-corrected chi connectivity index (χ3v) is 4.18. The molecule has 1 aliphatic rings. The molecule has 6 heteroatoms. The molecule has 25 heavy (non-hydrogen) atoms.